The molecule has 0 amide bonds. The fourth-order valence-corrected chi connectivity index (χ4v) is 2.05. The van der Waals surface area contributed by atoms with Crippen LogP contribution in [0, 0.1) is 5.82 Å². The van der Waals surface area contributed by atoms with Gasteiger partial charge in [-0.2, -0.15) is 0 Å². The van der Waals surface area contributed by atoms with Crippen molar-refractivity contribution >= 4 is 5.97 Å². The molecule has 0 aliphatic carbocycles. The molecule has 0 radical (unpaired) electrons. The van der Waals surface area contributed by atoms with Crippen LogP contribution < -0.4 is 0 Å². The van der Waals surface area contributed by atoms with E-state index in [4.69, 9.17) is 14.6 Å². The molecule has 0 aliphatic heterocycles. The van der Waals surface area contributed by atoms with E-state index in [-0.39, 0.29) is 5.56 Å². The monoisotopic (exact) mass is 299 g/mol. The van der Waals surface area contributed by atoms with Crippen LogP contribution in [-0.4, -0.2) is 56.5 Å². The Labute approximate surface area is 124 Å². The SMILES string of the molecule is COCCCN(CCOC)Cc1ccc(F)cc1C(=O)O. The van der Waals surface area contributed by atoms with Gasteiger partial charge in [0.05, 0.1) is 12.2 Å². The summed E-state index contributed by atoms with van der Waals surface area (Å²) < 4.78 is 23.3. The van der Waals surface area contributed by atoms with Crippen LogP contribution in [0.3, 0.4) is 0 Å². The van der Waals surface area contributed by atoms with Crippen LogP contribution in [0.2, 0.25) is 0 Å². The number of rotatable bonds is 10. The lowest BCUT2D eigenvalue weighted by Gasteiger charge is -2.22. The molecule has 1 aromatic rings. The fraction of sp³-hybridized carbons (Fsp3) is 0.533. The van der Waals surface area contributed by atoms with Gasteiger partial charge in [0.1, 0.15) is 5.82 Å². The molecule has 0 aromatic heterocycles. The summed E-state index contributed by atoms with van der Waals surface area (Å²) in [4.78, 5) is 13.3. The number of hydrogen-bond donors (Lipinski definition) is 1. The number of hydrogen-bond acceptors (Lipinski definition) is 4. The summed E-state index contributed by atoms with van der Waals surface area (Å²) in [6, 6.07) is 3.86. The average Bonchev–Trinajstić information content (AvgIpc) is 2.46. The van der Waals surface area contributed by atoms with Crippen molar-refractivity contribution in [1.82, 2.24) is 4.90 Å². The maximum absolute atomic E-state index is 13.2. The molecule has 21 heavy (non-hydrogen) atoms. The van der Waals surface area contributed by atoms with E-state index in [0.29, 0.717) is 31.9 Å². The smallest absolute Gasteiger partial charge is 0.336 e. The molecular formula is C15H22FNO4. The van der Waals surface area contributed by atoms with E-state index >= 15 is 0 Å². The molecule has 0 bridgehead atoms. The summed E-state index contributed by atoms with van der Waals surface area (Å²) in [5, 5.41) is 9.16. The zero-order valence-electron chi connectivity index (χ0n) is 12.5. The second-order valence-corrected chi connectivity index (χ2v) is 4.72. The molecule has 1 rings (SSSR count). The molecule has 0 saturated heterocycles. The number of nitrogens with zero attached hydrogens (tertiary/aromatic N) is 1. The summed E-state index contributed by atoms with van der Waals surface area (Å²) in [5.74, 6) is -1.66. The molecule has 5 nitrogen and oxygen atoms in total. The van der Waals surface area contributed by atoms with Crippen LogP contribution in [-0.2, 0) is 16.0 Å². The average molecular weight is 299 g/mol. The Morgan fingerprint density at radius 2 is 1.95 bits per heavy atom. The summed E-state index contributed by atoms with van der Waals surface area (Å²) in [6.45, 7) is 3.06. The van der Waals surface area contributed by atoms with E-state index in [1.165, 1.54) is 12.1 Å². The molecule has 6 heteroatoms. The maximum Gasteiger partial charge on any atom is 0.336 e. The molecule has 0 aliphatic rings. The quantitative estimate of drug-likeness (QED) is 0.670. The van der Waals surface area contributed by atoms with Crippen LogP contribution in [0.15, 0.2) is 18.2 Å². The lowest BCUT2D eigenvalue weighted by Crippen LogP contribution is -2.29. The van der Waals surface area contributed by atoms with Crippen LogP contribution in [0.25, 0.3) is 0 Å². The highest BCUT2D eigenvalue weighted by molar-refractivity contribution is 5.89. The van der Waals surface area contributed by atoms with Crippen molar-refractivity contribution in [3.05, 3.63) is 35.1 Å². The van der Waals surface area contributed by atoms with Gasteiger partial charge in [0.15, 0.2) is 0 Å². The van der Waals surface area contributed by atoms with Gasteiger partial charge in [0, 0.05) is 40.5 Å². The molecule has 0 spiro atoms. The minimum Gasteiger partial charge on any atom is -0.478 e. The van der Waals surface area contributed by atoms with Gasteiger partial charge < -0.3 is 14.6 Å². The first-order chi connectivity index (χ1) is 10.1. The van der Waals surface area contributed by atoms with Gasteiger partial charge in [0.2, 0.25) is 0 Å². The predicted molar refractivity (Wildman–Crippen MR) is 77.0 cm³/mol. The molecule has 0 atom stereocenters. The van der Waals surface area contributed by atoms with Crippen molar-refractivity contribution in [3.63, 3.8) is 0 Å². The normalized spacial score (nSPS) is 11.0. The predicted octanol–water partition coefficient (Wildman–Crippen LogP) is 2.01. The van der Waals surface area contributed by atoms with E-state index in [1.807, 2.05) is 0 Å². The number of ether oxygens (including phenoxy) is 2. The number of halogens is 1. The molecular weight excluding hydrogens is 277 g/mol. The molecule has 118 valence electrons. The Bertz CT molecular complexity index is 453. The number of carboxylic acid groups (broad SMARTS) is 1. The van der Waals surface area contributed by atoms with Crippen molar-refractivity contribution in [2.75, 3.05) is 40.5 Å². The van der Waals surface area contributed by atoms with Gasteiger partial charge in [0.25, 0.3) is 0 Å². The van der Waals surface area contributed by atoms with E-state index in [1.54, 1.807) is 14.2 Å². The molecule has 0 unspecified atom stereocenters. The number of aromatic carboxylic acids is 1. The van der Waals surface area contributed by atoms with E-state index in [0.717, 1.165) is 19.0 Å². The molecule has 1 aromatic carbocycles. The van der Waals surface area contributed by atoms with Gasteiger partial charge in [-0.3, -0.25) is 4.90 Å². The molecule has 0 fully saturated rings. The number of carbonyl (C=O) groups is 1. The topological polar surface area (TPSA) is 59.0 Å². The Balaban J connectivity index is 2.78. The number of carboxylic acids is 1. The van der Waals surface area contributed by atoms with Crippen molar-refractivity contribution in [3.8, 4) is 0 Å². The highest BCUT2D eigenvalue weighted by Crippen LogP contribution is 2.14. The number of methoxy groups -OCH3 is 2. The first-order valence-corrected chi connectivity index (χ1v) is 6.80. The maximum atomic E-state index is 13.2. The highest BCUT2D eigenvalue weighted by atomic mass is 19.1. The van der Waals surface area contributed by atoms with Gasteiger partial charge >= 0.3 is 5.97 Å². The third-order valence-corrected chi connectivity index (χ3v) is 3.13. The Kier molecular flexibility index (Phi) is 7.89. The Hall–Kier alpha value is -1.50. The molecule has 0 heterocycles. The zero-order valence-corrected chi connectivity index (χ0v) is 12.5. The van der Waals surface area contributed by atoms with Crippen molar-refractivity contribution in [1.29, 1.82) is 0 Å². The van der Waals surface area contributed by atoms with Crippen molar-refractivity contribution < 1.29 is 23.8 Å². The standard InChI is InChI=1S/C15H22FNO4/c1-20-8-3-6-17(7-9-21-2)11-12-4-5-13(16)10-14(12)15(18)19/h4-5,10H,3,6-9,11H2,1-2H3,(H,18,19). The minimum absolute atomic E-state index is 0.00385. The minimum atomic E-state index is -1.12. The van der Waals surface area contributed by atoms with Crippen LogP contribution in [0.5, 0.6) is 0 Å². The lowest BCUT2D eigenvalue weighted by atomic mass is 10.1. The van der Waals surface area contributed by atoms with Gasteiger partial charge in [-0.05, 0) is 24.1 Å². The Morgan fingerprint density at radius 3 is 2.57 bits per heavy atom. The zero-order chi connectivity index (χ0) is 15.7. The van der Waals surface area contributed by atoms with Gasteiger partial charge in [-0.1, -0.05) is 6.07 Å². The first-order valence-electron chi connectivity index (χ1n) is 6.80. The summed E-state index contributed by atoms with van der Waals surface area (Å²) in [5.41, 5.74) is 0.599. The fourth-order valence-electron chi connectivity index (χ4n) is 2.05. The van der Waals surface area contributed by atoms with Crippen LogP contribution in [0.1, 0.15) is 22.3 Å². The lowest BCUT2D eigenvalue weighted by molar-refractivity contribution is 0.0693. The summed E-state index contributed by atoms with van der Waals surface area (Å²) in [6.07, 6.45) is 0.837. The second kappa shape index (κ2) is 9.44. The van der Waals surface area contributed by atoms with E-state index in [9.17, 15) is 9.18 Å². The van der Waals surface area contributed by atoms with Crippen molar-refractivity contribution in [2.45, 2.75) is 13.0 Å². The highest BCUT2D eigenvalue weighted by Gasteiger charge is 2.14. The summed E-state index contributed by atoms with van der Waals surface area (Å²) in [7, 11) is 3.26. The Morgan fingerprint density at radius 1 is 1.24 bits per heavy atom. The molecule has 1 N–H and O–H groups in total. The first kappa shape index (κ1) is 17.6. The molecule has 0 saturated carbocycles. The van der Waals surface area contributed by atoms with Crippen LogP contribution >= 0.6 is 0 Å². The largest absolute Gasteiger partial charge is 0.478 e. The number of benzene rings is 1. The van der Waals surface area contributed by atoms with Gasteiger partial charge in [-0.15, -0.1) is 0 Å². The van der Waals surface area contributed by atoms with E-state index in [2.05, 4.69) is 4.90 Å². The second-order valence-electron chi connectivity index (χ2n) is 4.72. The van der Waals surface area contributed by atoms with E-state index < -0.39 is 11.8 Å². The van der Waals surface area contributed by atoms with Gasteiger partial charge in [-0.25, -0.2) is 9.18 Å². The van der Waals surface area contributed by atoms with Crippen molar-refractivity contribution in [2.24, 2.45) is 0 Å². The summed E-state index contributed by atoms with van der Waals surface area (Å²) >= 11 is 0. The third kappa shape index (κ3) is 6.20. The van der Waals surface area contributed by atoms with Crippen LogP contribution in [0.4, 0.5) is 4.39 Å². The third-order valence-electron chi connectivity index (χ3n) is 3.13.